The number of benzene rings is 2. The lowest BCUT2D eigenvalue weighted by atomic mass is 9.96. The molecule has 1 atom stereocenters. The average molecular weight is 349 g/mol. The first-order chi connectivity index (χ1) is 10.2. The molecule has 3 nitrogen and oxygen atoms in total. The van der Waals surface area contributed by atoms with E-state index in [0.29, 0.717) is 0 Å². The van der Waals surface area contributed by atoms with Gasteiger partial charge in [0.15, 0.2) is 0 Å². The molecule has 4 heteroatoms. The summed E-state index contributed by atoms with van der Waals surface area (Å²) in [5.74, 6) is 6.63. The fourth-order valence-corrected chi connectivity index (χ4v) is 2.82. The van der Waals surface area contributed by atoms with Crippen molar-refractivity contribution < 1.29 is 4.74 Å². The van der Waals surface area contributed by atoms with Crippen molar-refractivity contribution in [1.82, 2.24) is 5.43 Å². The second-order valence-corrected chi connectivity index (χ2v) is 5.91. The molecule has 0 spiro atoms. The number of aryl methyl sites for hydroxylation is 1. The van der Waals surface area contributed by atoms with Gasteiger partial charge >= 0.3 is 0 Å². The molecule has 0 aliphatic rings. The molecule has 0 saturated heterocycles. The summed E-state index contributed by atoms with van der Waals surface area (Å²) in [5, 5.41) is 0. The fraction of sp³-hybridized carbons (Fsp3) is 0.294. The topological polar surface area (TPSA) is 47.3 Å². The van der Waals surface area contributed by atoms with Crippen LogP contribution in [0.3, 0.4) is 0 Å². The first-order valence-electron chi connectivity index (χ1n) is 6.99. The molecule has 2 aromatic rings. The van der Waals surface area contributed by atoms with Crippen LogP contribution in [0.1, 0.15) is 29.2 Å². The molecule has 0 bridgehead atoms. The van der Waals surface area contributed by atoms with E-state index in [0.717, 1.165) is 23.1 Å². The van der Waals surface area contributed by atoms with Gasteiger partial charge < -0.3 is 4.74 Å². The predicted octanol–water partition coefficient (Wildman–Crippen LogP) is 3.90. The zero-order valence-electron chi connectivity index (χ0n) is 12.4. The van der Waals surface area contributed by atoms with Crippen molar-refractivity contribution >= 4 is 15.9 Å². The van der Waals surface area contributed by atoms with Gasteiger partial charge in [-0.3, -0.25) is 11.3 Å². The molecule has 0 amide bonds. The quantitative estimate of drug-likeness (QED) is 0.614. The van der Waals surface area contributed by atoms with Crippen LogP contribution in [0.4, 0.5) is 0 Å². The van der Waals surface area contributed by atoms with E-state index in [1.807, 2.05) is 18.2 Å². The number of halogens is 1. The lowest BCUT2D eigenvalue weighted by Gasteiger charge is -2.19. The van der Waals surface area contributed by atoms with Crippen molar-refractivity contribution in [2.24, 2.45) is 5.84 Å². The van der Waals surface area contributed by atoms with Crippen LogP contribution >= 0.6 is 15.9 Å². The molecule has 0 radical (unpaired) electrons. The fourth-order valence-electron chi connectivity index (χ4n) is 2.43. The third-order valence-electron chi connectivity index (χ3n) is 3.77. The van der Waals surface area contributed by atoms with Gasteiger partial charge in [-0.15, -0.1) is 0 Å². The molecular formula is C17H21BrN2O. The molecule has 3 N–H and O–H groups in total. The molecule has 2 rings (SSSR count). The summed E-state index contributed by atoms with van der Waals surface area (Å²) < 4.78 is 6.29. The minimum atomic E-state index is 0.143. The van der Waals surface area contributed by atoms with Crippen molar-refractivity contribution in [3.63, 3.8) is 0 Å². The molecule has 0 aromatic heterocycles. The standard InChI is InChI=1S/C17H21BrN2O/c1-12-15(4-3-5-16(12)18)17(20-19)11-8-13-6-9-14(21-2)10-7-13/h3-7,9-10,17,20H,8,11,19H2,1-2H3. The molecular weight excluding hydrogens is 328 g/mol. The van der Waals surface area contributed by atoms with Crippen LogP contribution in [0.2, 0.25) is 0 Å². The highest BCUT2D eigenvalue weighted by Crippen LogP contribution is 2.27. The summed E-state index contributed by atoms with van der Waals surface area (Å²) in [6.45, 7) is 2.11. The van der Waals surface area contributed by atoms with Crippen LogP contribution in [-0.2, 0) is 6.42 Å². The molecule has 0 saturated carbocycles. The van der Waals surface area contributed by atoms with E-state index in [1.54, 1.807) is 7.11 Å². The summed E-state index contributed by atoms with van der Waals surface area (Å²) in [4.78, 5) is 0. The van der Waals surface area contributed by atoms with Crippen LogP contribution in [0.25, 0.3) is 0 Å². The van der Waals surface area contributed by atoms with E-state index in [-0.39, 0.29) is 6.04 Å². The van der Waals surface area contributed by atoms with Crippen molar-refractivity contribution in [2.45, 2.75) is 25.8 Å². The van der Waals surface area contributed by atoms with Crippen LogP contribution in [0.5, 0.6) is 5.75 Å². The number of hydrazine groups is 1. The summed E-state index contributed by atoms with van der Waals surface area (Å²) in [6, 6.07) is 14.5. The second kappa shape index (κ2) is 7.59. The third-order valence-corrected chi connectivity index (χ3v) is 4.63. The van der Waals surface area contributed by atoms with Gasteiger partial charge in [0, 0.05) is 10.5 Å². The average Bonchev–Trinajstić information content (AvgIpc) is 2.52. The Kier molecular flexibility index (Phi) is 5.79. The van der Waals surface area contributed by atoms with Gasteiger partial charge in [-0.2, -0.15) is 0 Å². The van der Waals surface area contributed by atoms with Crippen LogP contribution in [0, 0.1) is 6.92 Å². The summed E-state index contributed by atoms with van der Waals surface area (Å²) >= 11 is 3.57. The molecule has 0 fully saturated rings. The Labute approximate surface area is 134 Å². The molecule has 112 valence electrons. The lowest BCUT2D eigenvalue weighted by Crippen LogP contribution is -2.29. The first-order valence-corrected chi connectivity index (χ1v) is 7.79. The molecule has 0 heterocycles. The first kappa shape index (κ1) is 16.0. The SMILES string of the molecule is COc1ccc(CCC(NN)c2cccc(Br)c2C)cc1. The van der Waals surface area contributed by atoms with Gasteiger partial charge in [0.2, 0.25) is 0 Å². The number of methoxy groups -OCH3 is 1. The smallest absolute Gasteiger partial charge is 0.118 e. The van der Waals surface area contributed by atoms with Gasteiger partial charge in [-0.1, -0.05) is 40.2 Å². The Hall–Kier alpha value is -1.36. The molecule has 0 aliphatic carbocycles. The Balaban J connectivity index is 2.06. The number of ether oxygens (including phenoxy) is 1. The predicted molar refractivity (Wildman–Crippen MR) is 90.3 cm³/mol. The van der Waals surface area contributed by atoms with Gasteiger partial charge in [0.05, 0.1) is 7.11 Å². The van der Waals surface area contributed by atoms with Crippen LogP contribution in [-0.4, -0.2) is 7.11 Å². The van der Waals surface area contributed by atoms with Crippen molar-refractivity contribution in [2.75, 3.05) is 7.11 Å². The van der Waals surface area contributed by atoms with E-state index >= 15 is 0 Å². The Morgan fingerprint density at radius 3 is 2.52 bits per heavy atom. The summed E-state index contributed by atoms with van der Waals surface area (Å²) in [6.07, 6.45) is 1.91. The van der Waals surface area contributed by atoms with E-state index in [2.05, 4.69) is 52.5 Å². The zero-order chi connectivity index (χ0) is 15.2. The number of rotatable bonds is 6. The van der Waals surface area contributed by atoms with Gasteiger partial charge in [-0.25, -0.2) is 0 Å². The Morgan fingerprint density at radius 1 is 1.19 bits per heavy atom. The maximum absolute atomic E-state index is 5.75. The van der Waals surface area contributed by atoms with E-state index in [4.69, 9.17) is 10.6 Å². The van der Waals surface area contributed by atoms with E-state index in [9.17, 15) is 0 Å². The maximum atomic E-state index is 5.75. The number of hydrogen-bond acceptors (Lipinski definition) is 3. The monoisotopic (exact) mass is 348 g/mol. The largest absolute Gasteiger partial charge is 0.497 e. The summed E-state index contributed by atoms with van der Waals surface area (Å²) in [5.41, 5.74) is 6.68. The highest BCUT2D eigenvalue weighted by atomic mass is 79.9. The van der Waals surface area contributed by atoms with Crippen molar-refractivity contribution in [1.29, 1.82) is 0 Å². The van der Waals surface area contributed by atoms with Gasteiger partial charge in [0.1, 0.15) is 5.75 Å². The highest BCUT2D eigenvalue weighted by Gasteiger charge is 2.13. The number of hydrogen-bond donors (Lipinski definition) is 2. The lowest BCUT2D eigenvalue weighted by molar-refractivity contribution is 0.414. The van der Waals surface area contributed by atoms with Crippen molar-refractivity contribution in [3.05, 3.63) is 63.6 Å². The van der Waals surface area contributed by atoms with Crippen LogP contribution in [0.15, 0.2) is 46.9 Å². The second-order valence-electron chi connectivity index (χ2n) is 5.06. The minimum Gasteiger partial charge on any atom is -0.497 e. The van der Waals surface area contributed by atoms with E-state index in [1.165, 1.54) is 16.7 Å². The highest BCUT2D eigenvalue weighted by molar-refractivity contribution is 9.10. The molecule has 1 unspecified atom stereocenters. The molecule has 0 aliphatic heterocycles. The number of nitrogens with one attached hydrogen (secondary N) is 1. The third kappa shape index (κ3) is 4.06. The van der Waals surface area contributed by atoms with Gasteiger partial charge in [-0.05, 0) is 54.7 Å². The number of nitrogens with two attached hydrogens (primary N) is 1. The summed E-state index contributed by atoms with van der Waals surface area (Å²) in [7, 11) is 1.68. The van der Waals surface area contributed by atoms with Gasteiger partial charge in [0.25, 0.3) is 0 Å². The Bertz CT molecular complexity index is 584. The minimum absolute atomic E-state index is 0.143. The van der Waals surface area contributed by atoms with Crippen LogP contribution < -0.4 is 16.0 Å². The zero-order valence-corrected chi connectivity index (χ0v) is 14.0. The molecule has 2 aromatic carbocycles. The Morgan fingerprint density at radius 2 is 1.90 bits per heavy atom. The normalized spacial score (nSPS) is 12.2. The van der Waals surface area contributed by atoms with Crippen molar-refractivity contribution in [3.8, 4) is 5.75 Å². The van der Waals surface area contributed by atoms with E-state index < -0.39 is 0 Å². The maximum Gasteiger partial charge on any atom is 0.118 e. The molecule has 21 heavy (non-hydrogen) atoms.